The summed E-state index contributed by atoms with van der Waals surface area (Å²) in [4.78, 5) is 41.5. The number of benzene rings is 1. The Labute approximate surface area is 210 Å². The van der Waals surface area contributed by atoms with Gasteiger partial charge in [-0.3, -0.25) is 14.4 Å². The average molecular weight is 499 g/mol. The molecule has 4 rings (SSSR count). The lowest BCUT2D eigenvalue weighted by Crippen LogP contribution is -2.57. The zero-order valence-electron chi connectivity index (χ0n) is 20.3. The Morgan fingerprint density at radius 3 is 2.49 bits per heavy atom. The third-order valence-corrected chi connectivity index (χ3v) is 7.66. The number of carbonyl (C=O) groups is 3. The van der Waals surface area contributed by atoms with E-state index in [4.69, 9.17) is 0 Å². The molecule has 3 N–H and O–H groups in total. The van der Waals surface area contributed by atoms with Crippen LogP contribution in [0.15, 0.2) is 30.3 Å². The second-order valence-electron chi connectivity index (χ2n) is 9.40. The van der Waals surface area contributed by atoms with Gasteiger partial charge in [0, 0.05) is 12.1 Å². The number of rotatable bonds is 8. The zero-order valence-corrected chi connectivity index (χ0v) is 21.1. The summed E-state index contributed by atoms with van der Waals surface area (Å²) in [6, 6.07) is 7.95. The first-order valence-corrected chi connectivity index (χ1v) is 13.2. The lowest BCUT2D eigenvalue weighted by Gasteiger charge is -2.35. The van der Waals surface area contributed by atoms with Crippen LogP contribution in [-0.4, -0.2) is 63.1 Å². The van der Waals surface area contributed by atoms with Crippen molar-refractivity contribution in [2.24, 2.45) is 5.92 Å². The van der Waals surface area contributed by atoms with Crippen LogP contribution in [0.25, 0.3) is 11.3 Å². The van der Waals surface area contributed by atoms with Crippen molar-refractivity contribution >= 4 is 35.3 Å². The minimum Gasteiger partial charge on any atom is -0.343 e. The topological polar surface area (TPSA) is 116 Å². The van der Waals surface area contributed by atoms with E-state index in [2.05, 4.69) is 24.7 Å². The molecule has 3 atom stereocenters. The fourth-order valence-corrected chi connectivity index (χ4v) is 5.52. The Morgan fingerprint density at radius 2 is 1.77 bits per heavy atom. The molecular formula is C25H34N6O3S. The molecule has 0 radical (unpaired) electrons. The number of amides is 3. The highest BCUT2D eigenvalue weighted by atomic mass is 32.1. The molecule has 3 amide bonds. The maximum atomic E-state index is 13.8. The predicted molar refractivity (Wildman–Crippen MR) is 136 cm³/mol. The maximum Gasteiger partial charge on any atom is 0.248 e. The van der Waals surface area contributed by atoms with Gasteiger partial charge in [-0.15, -0.1) is 0 Å². The summed E-state index contributed by atoms with van der Waals surface area (Å²) in [5.74, 6) is -0.131. The number of hydrogen-bond acceptors (Lipinski definition) is 7. The van der Waals surface area contributed by atoms with Gasteiger partial charge in [-0.1, -0.05) is 49.6 Å². The highest BCUT2D eigenvalue weighted by Crippen LogP contribution is 2.30. The number of hydrogen-bond donors (Lipinski definition) is 3. The van der Waals surface area contributed by atoms with Crippen LogP contribution in [-0.2, 0) is 14.4 Å². The Hall–Kier alpha value is -2.85. The quantitative estimate of drug-likeness (QED) is 0.515. The first kappa shape index (κ1) is 25.2. The van der Waals surface area contributed by atoms with Crippen LogP contribution in [0.1, 0.15) is 51.9 Å². The Kier molecular flexibility index (Phi) is 8.46. The molecule has 9 nitrogen and oxygen atoms in total. The lowest BCUT2D eigenvalue weighted by atomic mass is 9.83. The van der Waals surface area contributed by atoms with Crippen molar-refractivity contribution in [3.8, 4) is 11.3 Å². The summed E-state index contributed by atoms with van der Waals surface area (Å²) in [6.07, 6.45) is 6.37. The molecule has 2 fully saturated rings. The number of nitrogens with one attached hydrogen (secondary N) is 3. The summed E-state index contributed by atoms with van der Waals surface area (Å²) in [5, 5.41) is 8.85. The van der Waals surface area contributed by atoms with E-state index in [9.17, 15) is 14.4 Å². The molecule has 2 aliphatic rings. The molecule has 1 aliphatic carbocycles. The van der Waals surface area contributed by atoms with Gasteiger partial charge in [-0.05, 0) is 45.6 Å². The fraction of sp³-hybridized carbons (Fsp3) is 0.560. The molecule has 188 valence electrons. The van der Waals surface area contributed by atoms with Crippen molar-refractivity contribution in [3.05, 3.63) is 30.3 Å². The standard InChI is InChI=1S/C25H34N6O3S/c1-16(26-2)23(32)27-21(18-12-7-4-8-13-18)25(34)31-15-9-14-19(31)24(33)28-22-20(29-35-30-22)17-10-5-3-6-11-17/h3,5-6,10-11,16,18-19,21,26H,4,7-9,12-15H2,1-2H3,(H,27,32)(H,28,30,33)/t16-,19-,21-/m0/s1. The Morgan fingerprint density at radius 1 is 1.03 bits per heavy atom. The molecule has 1 aliphatic heterocycles. The van der Waals surface area contributed by atoms with E-state index in [-0.39, 0.29) is 23.6 Å². The average Bonchev–Trinajstić information content (AvgIpc) is 3.57. The van der Waals surface area contributed by atoms with Crippen LogP contribution in [0.4, 0.5) is 5.82 Å². The van der Waals surface area contributed by atoms with E-state index in [1.165, 1.54) is 0 Å². The van der Waals surface area contributed by atoms with Crippen LogP contribution in [0.3, 0.4) is 0 Å². The van der Waals surface area contributed by atoms with E-state index in [1.54, 1.807) is 18.9 Å². The third kappa shape index (κ3) is 5.87. The Balaban J connectivity index is 1.50. The molecule has 35 heavy (non-hydrogen) atoms. The molecular weight excluding hydrogens is 464 g/mol. The van der Waals surface area contributed by atoms with E-state index in [0.29, 0.717) is 24.5 Å². The van der Waals surface area contributed by atoms with E-state index < -0.39 is 18.1 Å². The number of aromatic nitrogens is 2. The summed E-state index contributed by atoms with van der Waals surface area (Å²) in [5.41, 5.74) is 1.49. The minimum absolute atomic E-state index is 0.0843. The molecule has 2 aromatic rings. The maximum absolute atomic E-state index is 13.8. The molecule has 10 heteroatoms. The molecule has 1 aromatic heterocycles. The number of anilines is 1. The van der Waals surface area contributed by atoms with Crippen molar-refractivity contribution in [2.75, 3.05) is 18.9 Å². The van der Waals surface area contributed by atoms with Crippen molar-refractivity contribution < 1.29 is 14.4 Å². The molecule has 2 heterocycles. The molecule has 1 aromatic carbocycles. The first-order valence-electron chi connectivity index (χ1n) is 12.5. The summed E-state index contributed by atoms with van der Waals surface area (Å²) in [7, 11) is 1.72. The summed E-state index contributed by atoms with van der Waals surface area (Å²) < 4.78 is 8.63. The van der Waals surface area contributed by atoms with Crippen LogP contribution in [0, 0.1) is 5.92 Å². The van der Waals surface area contributed by atoms with E-state index in [1.807, 2.05) is 30.3 Å². The smallest absolute Gasteiger partial charge is 0.248 e. The van der Waals surface area contributed by atoms with Crippen molar-refractivity contribution in [3.63, 3.8) is 0 Å². The first-order chi connectivity index (χ1) is 17.0. The normalized spacial score (nSPS) is 20.3. The molecule has 0 bridgehead atoms. The van der Waals surface area contributed by atoms with Crippen molar-refractivity contribution in [2.45, 2.75) is 70.0 Å². The van der Waals surface area contributed by atoms with Gasteiger partial charge in [0.25, 0.3) is 0 Å². The minimum atomic E-state index is -0.618. The summed E-state index contributed by atoms with van der Waals surface area (Å²) in [6.45, 7) is 2.27. The highest BCUT2D eigenvalue weighted by molar-refractivity contribution is 6.99. The molecule has 1 saturated heterocycles. The lowest BCUT2D eigenvalue weighted by molar-refractivity contribution is -0.142. The van der Waals surface area contributed by atoms with Crippen LogP contribution < -0.4 is 16.0 Å². The third-order valence-electron chi connectivity index (χ3n) is 7.13. The number of likely N-dealkylation sites (tertiary alicyclic amines) is 1. The molecule has 0 unspecified atom stereocenters. The zero-order chi connectivity index (χ0) is 24.8. The van der Waals surface area contributed by atoms with Gasteiger partial charge < -0.3 is 20.9 Å². The van der Waals surface area contributed by atoms with E-state index in [0.717, 1.165) is 55.8 Å². The van der Waals surface area contributed by atoms with Gasteiger partial charge in [0.1, 0.15) is 17.8 Å². The van der Waals surface area contributed by atoms with Crippen LogP contribution >= 0.6 is 11.7 Å². The van der Waals surface area contributed by atoms with Crippen molar-refractivity contribution in [1.29, 1.82) is 0 Å². The van der Waals surface area contributed by atoms with Gasteiger partial charge >= 0.3 is 0 Å². The fourth-order valence-electron chi connectivity index (χ4n) is 5.00. The van der Waals surface area contributed by atoms with Crippen LogP contribution in [0.2, 0.25) is 0 Å². The van der Waals surface area contributed by atoms with Crippen LogP contribution in [0.5, 0.6) is 0 Å². The van der Waals surface area contributed by atoms with Gasteiger partial charge in [-0.2, -0.15) is 8.75 Å². The SMILES string of the molecule is CN[C@@H](C)C(=O)N[C@H](C(=O)N1CCC[C@H]1C(=O)Nc1nsnc1-c1ccccc1)C1CCCCC1. The number of nitrogens with zero attached hydrogens (tertiary/aromatic N) is 3. The monoisotopic (exact) mass is 498 g/mol. The second-order valence-corrected chi connectivity index (χ2v) is 9.93. The van der Waals surface area contributed by atoms with E-state index >= 15 is 0 Å². The van der Waals surface area contributed by atoms with Gasteiger partial charge in [0.15, 0.2) is 5.82 Å². The van der Waals surface area contributed by atoms with Gasteiger partial charge in [-0.25, -0.2) is 0 Å². The molecule has 0 spiro atoms. The largest absolute Gasteiger partial charge is 0.343 e. The van der Waals surface area contributed by atoms with Gasteiger partial charge in [0.05, 0.1) is 17.8 Å². The predicted octanol–water partition coefficient (Wildman–Crippen LogP) is 2.81. The number of carbonyl (C=O) groups excluding carboxylic acids is 3. The summed E-state index contributed by atoms with van der Waals surface area (Å²) >= 11 is 1.04. The molecule has 1 saturated carbocycles. The second kappa shape index (κ2) is 11.7. The van der Waals surface area contributed by atoms with Crippen molar-refractivity contribution in [1.82, 2.24) is 24.3 Å². The van der Waals surface area contributed by atoms with Gasteiger partial charge in [0.2, 0.25) is 17.7 Å². The highest BCUT2D eigenvalue weighted by Gasteiger charge is 2.41. The number of likely N-dealkylation sites (N-methyl/N-ethyl adjacent to an activating group) is 1. The Bertz CT molecular complexity index is 1020.